The molecule has 0 fully saturated rings. The topological polar surface area (TPSA) is 28.2 Å². The van der Waals surface area contributed by atoms with Crippen molar-refractivity contribution in [2.75, 3.05) is 0 Å². The van der Waals surface area contributed by atoms with Gasteiger partial charge in [0.25, 0.3) is 0 Å². The van der Waals surface area contributed by atoms with Crippen LogP contribution in [0.1, 0.15) is 29.1 Å². The molecule has 2 nitrogen and oxygen atoms in total. The summed E-state index contributed by atoms with van der Waals surface area (Å²) in [5, 5.41) is 0. The van der Waals surface area contributed by atoms with Gasteiger partial charge in [-0.15, -0.1) is 11.4 Å². The molecular weight excluding hydrogens is 500 g/mol. The fourth-order valence-electron chi connectivity index (χ4n) is 5.37. The monoisotopic (exact) mass is 532 g/mol. The molecule has 0 radical (unpaired) electrons. The third-order valence-electron chi connectivity index (χ3n) is 6.29. The second-order valence-electron chi connectivity index (χ2n) is 9.44. The van der Waals surface area contributed by atoms with Gasteiger partial charge in [0.1, 0.15) is 0 Å². The van der Waals surface area contributed by atoms with E-state index in [0.717, 1.165) is 11.4 Å². The Balaban J connectivity index is 0.00000181. The van der Waals surface area contributed by atoms with E-state index >= 15 is 0 Å². The Morgan fingerprint density at radius 3 is 1.25 bits per heavy atom. The molecule has 0 saturated heterocycles. The molecule has 2 unspecified atom stereocenters. The number of hydrogen-bond acceptors (Lipinski definition) is 0. The van der Waals surface area contributed by atoms with Crippen LogP contribution in [-0.4, -0.2) is 16.5 Å². The maximum absolute atomic E-state index is 5.33. The van der Waals surface area contributed by atoms with Crippen LogP contribution in [0.25, 0.3) is 9.96 Å². The molecule has 32 heavy (non-hydrogen) atoms. The summed E-state index contributed by atoms with van der Waals surface area (Å²) in [5.74, 6) is 1.57. The predicted molar refractivity (Wildman–Crippen MR) is 141 cm³/mol. The fraction of sp³-hybridized carbons (Fsp3) is 0.259. The molecule has 0 spiro atoms. The molecule has 164 valence electrons. The van der Waals surface area contributed by atoms with Gasteiger partial charge in [-0.2, -0.15) is 18.0 Å². The Morgan fingerprint density at radius 2 is 0.906 bits per heavy atom. The van der Waals surface area contributed by atoms with Gasteiger partial charge in [0, 0.05) is 0 Å². The minimum absolute atomic E-state index is 0. The van der Waals surface area contributed by atoms with Crippen molar-refractivity contribution in [2.24, 2.45) is 0 Å². The van der Waals surface area contributed by atoms with E-state index in [-0.39, 0.29) is 33.6 Å². The van der Waals surface area contributed by atoms with E-state index in [1.54, 1.807) is 5.92 Å². The average molecular weight is 534 g/mol. The van der Waals surface area contributed by atoms with Crippen molar-refractivity contribution in [3.05, 3.63) is 119 Å². The molecule has 0 heterocycles. The van der Waals surface area contributed by atoms with E-state index in [0.29, 0.717) is 11.1 Å². The Morgan fingerprint density at radius 1 is 0.594 bits per heavy atom. The van der Waals surface area contributed by atoms with Crippen LogP contribution in [0.2, 0.25) is 26.2 Å². The average Bonchev–Trinajstić information content (AvgIpc) is 3.02. The summed E-state index contributed by atoms with van der Waals surface area (Å²) >= 11 is 0. The zero-order valence-corrected chi connectivity index (χ0v) is 24.6. The normalized spacial score (nSPS) is 18.2. The van der Waals surface area contributed by atoms with Gasteiger partial charge in [-0.25, -0.2) is 0 Å². The van der Waals surface area contributed by atoms with Crippen LogP contribution in [0.15, 0.2) is 84.9 Å². The molecule has 3 aromatic carbocycles. The van der Waals surface area contributed by atoms with Crippen molar-refractivity contribution >= 4 is 27.8 Å². The molecule has 2 atom stereocenters. The van der Waals surface area contributed by atoms with E-state index < -0.39 is 16.5 Å². The summed E-state index contributed by atoms with van der Waals surface area (Å²) in [6, 6.07) is 30.0. The second kappa shape index (κ2) is 10.7. The Hall–Kier alpha value is -1.42. The van der Waals surface area contributed by atoms with Crippen LogP contribution in [0.4, 0.5) is 11.4 Å². The maximum atomic E-state index is 5.33. The van der Waals surface area contributed by atoms with Gasteiger partial charge in [-0.1, -0.05) is 139 Å². The van der Waals surface area contributed by atoms with Gasteiger partial charge in [0.05, 0.1) is 0 Å². The minimum Gasteiger partial charge on any atom is -0.688 e. The van der Waals surface area contributed by atoms with Crippen LogP contribution in [0.3, 0.4) is 0 Å². The summed E-state index contributed by atoms with van der Waals surface area (Å²) in [5.41, 5.74) is 6.04. The van der Waals surface area contributed by atoms with Crippen LogP contribution >= 0.6 is 0 Å². The van der Waals surface area contributed by atoms with Crippen molar-refractivity contribution in [3.63, 3.8) is 0 Å². The van der Waals surface area contributed by atoms with Crippen LogP contribution in [0.5, 0.6) is 0 Å². The summed E-state index contributed by atoms with van der Waals surface area (Å²) in [7, 11) is -3.94. The smallest absolute Gasteiger partial charge is 0.688 e. The van der Waals surface area contributed by atoms with E-state index in [1.165, 1.54) is 11.1 Å². The maximum Gasteiger partial charge on any atom is 4.00 e. The Bertz CT molecular complexity index is 912. The quantitative estimate of drug-likeness (QED) is 0.224. The summed E-state index contributed by atoms with van der Waals surface area (Å²) in [6.45, 7) is 12.0. The molecule has 0 aliphatic heterocycles. The number of fused-ring (bicyclic) bond motifs is 1. The molecule has 5 heteroatoms. The van der Waals surface area contributed by atoms with Crippen LogP contribution < -0.4 is 0 Å². The molecule has 0 aromatic heterocycles. The third kappa shape index (κ3) is 5.38. The molecule has 1 aliphatic carbocycles. The van der Waals surface area contributed by atoms with Gasteiger partial charge >= 0.3 is 26.2 Å². The molecule has 0 N–H and O–H groups in total. The van der Waals surface area contributed by atoms with Crippen molar-refractivity contribution in [1.29, 1.82) is 0 Å². The van der Waals surface area contributed by atoms with Gasteiger partial charge < -0.3 is 23.3 Å². The van der Waals surface area contributed by atoms with Crippen molar-refractivity contribution < 1.29 is 26.2 Å². The van der Waals surface area contributed by atoms with Crippen molar-refractivity contribution in [2.45, 2.75) is 44.2 Å². The zero-order valence-electron chi connectivity index (χ0n) is 20.1. The number of rotatable bonds is 6. The van der Waals surface area contributed by atoms with Crippen LogP contribution in [0, 0.1) is 13.3 Å². The Labute approximate surface area is 216 Å². The number of nitrogens with zero attached hydrogens (tertiary/aromatic N) is 2. The molecule has 0 bridgehead atoms. The molecule has 3 aromatic rings. The third-order valence-corrected chi connectivity index (χ3v) is 12.3. The van der Waals surface area contributed by atoms with E-state index in [4.69, 9.17) is 9.96 Å². The summed E-state index contributed by atoms with van der Waals surface area (Å²) < 4.78 is 0. The first-order valence-electron chi connectivity index (χ1n) is 10.8. The van der Waals surface area contributed by atoms with Gasteiger partial charge in [-0.05, 0) is 0 Å². The number of benzene rings is 3. The van der Waals surface area contributed by atoms with Gasteiger partial charge in [0.15, 0.2) is 0 Å². The zero-order chi connectivity index (χ0) is 21.4. The first kappa shape index (κ1) is 26.8. The largest absolute Gasteiger partial charge is 4.00 e. The predicted octanol–water partition coefficient (Wildman–Crippen LogP) is 8.81. The first-order valence-corrected chi connectivity index (χ1v) is 16.8. The Kier molecular flexibility index (Phi) is 8.95. The summed E-state index contributed by atoms with van der Waals surface area (Å²) in [6.07, 6.45) is 0. The van der Waals surface area contributed by atoms with E-state index in [2.05, 4.69) is 118 Å². The molecule has 0 amide bonds. The molecular formula is C27H34N2Si2Zr. The number of hydrogen-bond donors (Lipinski definition) is 0. The minimum atomic E-state index is -1.97. The summed E-state index contributed by atoms with van der Waals surface area (Å²) in [4.78, 5) is 10.7. The molecule has 4 rings (SSSR count). The van der Waals surface area contributed by atoms with E-state index in [9.17, 15) is 0 Å². The molecule has 0 saturated carbocycles. The van der Waals surface area contributed by atoms with Crippen molar-refractivity contribution in [1.82, 2.24) is 0 Å². The van der Waals surface area contributed by atoms with Gasteiger partial charge in [-0.3, -0.25) is 0 Å². The SMILES string of the molecule is C[C-]1C([Si](C)(C)[N-]c2ccccc2)c2ccccc2C1[Si](C)(C)[N-]c1ccccc1.[CH3-].[Zr+4]. The fourth-order valence-corrected chi connectivity index (χ4v) is 12.0. The van der Waals surface area contributed by atoms with E-state index in [1.807, 2.05) is 0 Å². The standard InChI is InChI=1S/C26H31N2Si2.CH3.Zr/c1-20-25(29(2,3)27-21-14-8-6-9-15-21)23-18-12-13-19-24(23)26(20)30(4,5)28-22-16-10-7-11-17-22;;/h6-19,25-26H,1-5H3;1H3;/q-3;-1;+4. The first-order chi connectivity index (χ1) is 14.3. The molecule has 1 aliphatic rings. The second-order valence-corrected chi connectivity index (χ2v) is 17.7. The van der Waals surface area contributed by atoms with Crippen LogP contribution in [-0.2, 0) is 26.2 Å². The van der Waals surface area contributed by atoms with Crippen molar-refractivity contribution in [3.8, 4) is 0 Å². The van der Waals surface area contributed by atoms with Gasteiger partial charge in [0.2, 0.25) is 0 Å².